The Morgan fingerprint density at radius 3 is 2.74 bits per heavy atom. The standard InChI is InChI=1S/C14H20N4O5/c19-11-10(7-15-13(21)16-11)12(20)18-2-1-14(22,9-18)8-17-3-5-23-6-4-17/h7,22H,1-6,8-9H2,(H2,15,16,19,21)/t14-/m0/s1. The Labute approximate surface area is 131 Å². The molecule has 0 radical (unpaired) electrons. The van der Waals surface area contributed by atoms with Gasteiger partial charge >= 0.3 is 5.69 Å². The van der Waals surface area contributed by atoms with Gasteiger partial charge in [0.05, 0.1) is 25.4 Å². The van der Waals surface area contributed by atoms with Crippen LogP contribution in [0.2, 0.25) is 0 Å². The molecule has 0 bridgehead atoms. The Kier molecular flexibility index (Phi) is 4.33. The Morgan fingerprint density at radius 2 is 2.04 bits per heavy atom. The first-order chi connectivity index (χ1) is 11.0. The highest BCUT2D eigenvalue weighted by atomic mass is 16.5. The molecule has 0 saturated carbocycles. The molecule has 1 amide bonds. The molecule has 3 rings (SSSR count). The maximum atomic E-state index is 12.4. The predicted molar refractivity (Wildman–Crippen MR) is 80.4 cm³/mol. The van der Waals surface area contributed by atoms with Crippen LogP contribution in [0, 0.1) is 0 Å². The minimum absolute atomic E-state index is 0.125. The van der Waals surface area contributed by atoms with E-state index in [1.807, 2.05) is 4.98 Å². The summed E-state index contributed by atoms with van der Waals surface area (Å²) in [6, 6.07) is 0. The van der Waals surface area contributed by atoms with Crippen LogP contribution in [0.25, 0.3) is 0 Å². The molecule has 0 spiro atoms. The van der Waals surface area contributed by atoms with E-state index in [0.717, 1.165) is 19.3 Å². The van der Waals surface area contributed by atoms with E-state index in [-0.39, 0.29) is 12.1 Å². The first-order valence-corrected chi connectivity index (χ1v) is 7.61. The summed E-state index contributed by atoms with van der Waals surface area (Å²) in [7, 11) is 0. The smallest absolute Gasteiger partial charge is 0.325 e. The Morgan fingerprint density at radius 1 is 1.30 bits per heavy atom. The summed E-state index contributed by atoms with van der Waals surface area (Å²) in [4.78, 5) is 43.0. The highest BCUT2D eigenvalue weighted by Crippen LogP contribution is 2.23. The second-order valence-electron chi connectivity index (χ2n) is 6.08. The lowest BCUT2D eigenvalue weighted by Gasteiger charge is -2.33. The SMILES string of the molecule is O=C(c1c[nH]c(=O)[nH]c1=O)N1CC[C@](O)(CN2CCOCC2)C1. The maximum Gasteiger partial charge on any atom is 0.325 e. The summed E-state index contributed by atoms with van der Waals surface area (Å²) < 4.78 is 5.28. The van der Waals surface area contributed by atoms with E-state index in [9.17, 15) is 19.5 Å². The minimum atomic E-state index is -0.984. The monoisotopic (exact) mass is 324 g/mol. The average Bonchev–Trinajstić information content (AvgIpc) is 2.90. The molecule has 2 aliphatic rings. The van der Waals surface area contributed by atoms with Crippen molar-refractivity contribution in [3.63, 3.8) is 0 Å². The van der Waals surface area contributed by atoms with Crippen LogP contribution >= 0.6 is 0 Å². The van der Waals surface area contributed by atoms with E-state index in [1.54, 1.807) is 0 Å². The Bertz CT molecular complexity index is 693. The van der Waals surface area contributed by atoms with Crippen molar-refractivity contribution in [2.24, 2.45) is 0 Å². The lowest BCUT2D eigenvalue weighted by molar-refractivity contribution is -0.0257. The van der Waals surface area contributed by atoms with Crippen LogP contribution in [0.1, 0.15) is 16.8 Å². The highest BCUT2D eigenvalue weighted by molar-refractivity contribution is 5.93. The van der Waals surface area contributed by atoms with Crippen molar-refractivity contribution in [1.29, 1.82) is 0 Å². The highest BCUT2D eigenvalue weighted by Gasteiger charge is 2.40. The van der Waals surface area contributed by atoms with Crippen LogP contribution in [0.5, 0.6) is 0 Å². The van der Waals surface area contributed by atoms with Gasteiger partial charge < -0.3 is 19.7 Å². The van der Waals surface area contributed by atoms with Crippen molar-refractivity contribution in [3.8, 4) is 0 Å². The number of amides is 1. The molecule has 1 atom stereocenters. The third-order valence-electron chi connectivity index (χ3n) is 4.29. The number of hydrogen-bond donors (Lipinski definition) is 3. The van der Waals surface area contributed by atoms with Crippen LogP contribution in [0.4, 0.5) is 0 Å². The van der Waals surface area contributed by atoms with Gasteiger partial charge in [-0.1, -0.05) is 0 Å². The number of aromatic nitrogens is 2. The van der Waals surface area contributed by atoms with Crippen LogP contribution in [0.3, 0.4) is 0 Å². The third kappa shape index (κ3) is 3.52. The van der Waals surface area contributed by atoms with Crippen molar-refractivity contribution < 1.29 is 14.6 Å². The number of carbonyl (C=O) groups is 1. The number of nitrogens with one attached hydrogen (secondary N) is 2. The molecule has 9 heteroatoms. The third-order valence-corrected chi connectivity index (χ3v) is 4.29. The quantitative estimate of drug-likeness (QED) is 0.590. The number of aliphatic hydroxyl groups is 1. The summed E-state index contributed by atoms with van der Waals surface area (Å²) in [6.07, 6.45) is 1.57. The van der Waals surface area contributed by atoms with Crippen molar-refractivity contribution in [1.82, 2.24) is 19.8 Å². The molecule has 1 aromatic rings. The van der Waals surface area contributed by atoms with E-state index in [4.69, 9.17) is 4.74 Å². The van der Waals surface area contributed by atoms with Crippen LogP contribution in [0.15, 0.2) is 15.8 Å². The number of rotatable bonds is 3. The van der Waals surface area contributed by atoms with Gasteiger partial charge in [0.2, 0.25) is 0 Å². The van der Waals surface area contributed by atoms with Crippen LogP contribution in [-0.4, -0.2) is 82.3 Å². The molecule has 9 nitrogen and oxygen atoms in total. The zero-order valence-corrected chi connectivity index (χ0v) is 12.7. The molecular formula is C14H20N4O5. The van der Waals surface area contributed by atoms with Crippen LogP contribution in [-0.2, 0) is 4.74 Å². The second kappa shape index (κ2) is 6.26. The number of nitrogens with zero attached hydrogens (tertiary/aromatic N) is 2. The summed E-state index contributed by atoms with van der Waals surface area (Å²) in [5.74, 6) is -0.486. The fraction of sp³-hybridized carbons (Fsp3) is 0.643. The average molecular weight is 324 g/mol. The van der Waals surface area contributed by atoms with Gasteiger partial charge in [0, 0.05) is 32.4 Å². The number of ether oxygens (including phenoxy) is 1. The number of likely N-dealkylation sites (tertiary alicyclic amines) is 1. The first-order valence-electron chi connectivity index (χ1n) is 7.61. The summed E-state index contributed by atoms with van der Waals surface area (Å²) in [5, 5.41) is 10.7. The molecule has 23 heavy (non-hydrogen) atoms. The molecule has 2 aliphatic heterocycles. The van der Waals surface area contributed by atoms with Gasteiger partial charge in [-0.15, -0.1) is 0 Å². The fourth-order valence-electron chi connectivity index (χ4n) is 3.07. The molecule has 1 aromatic heterocycles. The first kappa shape index (κ1) is 15.9. The van der Waals surface area contributed by atoms with Crippen molar-refractivity contribution in [3.05, 3.63) is 32.6 Å². The van der Waals surface area contributed by atoms with Crippen molar-refractivity contribution in [2.75, 3.05) is 45.9 Å². The van der Waals surface area contributed by atoms with E-state index >= 15 is 0 Å². The second-order valence-corrected chi connectivity index (χ2v) is 6.08. The van der Waals surface area contributed by atoms with Gasteiger partial charge in [-0.05, 0) is 6.42 Å². The van der Waals surface area contributed by atoms with Crippen molar-refractivity contribution in [2.45, 2.75) is 12.0 Å². The topological polar surface area (TPSA) is 119 Å². The molecule has 0 aliphatic carbocycles. The molecule has 126 valence electrons. The summed E-state index contributed by atoms with van der Waals surface area (Å²) in [5.41, 5.74) is -2.48. The largest absolute Gasteiger partial charge is 0.387 e. The molecule has 3 heterocycles. The summed E-state index contributed by atoms with van der Waals surface area (Å²) in [6.45, 7) is 3.82. The van der Waals surface area contributed by atoms with Gasteiger partial charge in [-0.25, -0.2) is 4.79 Å². The molecule has 0 unspecified atom stereocenters. The fourth-order valence-corrected chi connectivity index (χ4v) is 3.07. The Balaban J connectivity index is 1.67. The number of aromatic amines is 2. The minimum Gasteiger partial charge on any atom is -0.387 e. The number of morpholine rings is 1. The number of H-pyrrole nitrogens is 2. The van der Waals surface area contributed by atoms with E-state index in [0.29, 0.717) is 32.7 Å². The lowest BCUT2D eigenvalue weighted by Crippen LogP contribution is -2.49. The predicted octanol–water partition coefficient (Wildman–Crippen LogP) is -2.03. The van der Waals surface area contributed by atoms with E-state index < -0.39 is 22.8 Å². The van der Waals surface area contributed by atoms with Gasteiger partial charge in [-0.2, -0.15) is 0 Å². The normalized spacial score (nSPS) is 25.7. The molecule has 2 saturated heterocycles. The van der Waals surface area contributed by atoms with Gasteiger partial charge in [0.25, 0.3) is 11.5 Å². The van der Waals surface area contributed by atoms with Crippen molar-refractivity contribution >= 4 is 5.91 Å². The molecule has 2 fully saturated rings. The zero-order chi connectivity index (χ0) is 16.4. The maximum absolute atomic E-state index is 12.4. The molecular weight excluding hydrogens is 304 g/mol. The summed E-state index contributed by atoms with van der Waals surface area (Å²) >= 11 is 0. The molecule has 3 N–H and O–H groups in total. The van der Waals surface area contributed by atoms with Gasteiger partial charge in [-0.3, -0.25) is 19.5 Å². The van der Waals surface area contributed by atoms with Gasteiger partial charge in [0.15, 0.2) is 0 Å². The number of hydrogen-bond acceptors (Lipinski definition) is 6. The van der Waals surface area contributed by atoms with Crippen LogP contribution < -0.4 is 11.2 Å². The number of β-amino-alcohol motifs (C(OH)–C–C–N with tert-alkyl or cyclic N) is 1. The number of carbonyl (C=O) groups excluding carboxylic acids is 1. The van der Waals surface area contributed by atoms with E-state index in [1.165, 1.54) is 4.90 Å². The van der Waals surface area contributed by atoms with E-state index in [2.05, 4.69) is 9.88 Å². The van der Waals surface area contributed by atoms with Gasteiger partial charge in [0.1, 0.15) is 5.56 Å². The zero-order valence-electron chi connectivity index (χ0n) is 12.7. The Hall–Kier alpha value is -1.97. The lowest BCUT2D eigenvalue weighted by atomic mass is 10.0. The molecule has 0 aromatic carbocycles.